The Morgan fingerprint density at radius 2 is 1.61 bits per heavy atom. The highest BCUT2D eigenvalue weighted by atomic mass is 16.5. The molecule has 8 heteroatoms. The number of rotatable bonds is 9. The van der Waals surface area contributed by atoms with Crippen LogP contribution in [-0.2, 0) is 14.3 Å². The van der Waals surface area contributed by atoms with E-state index in [0.29, 0.717) is 58.9 Å². The van der Waals surface area contributed by atoms with Crippen LogP contribution in [-0.4, -0.2) is 51.9 Å². The van der Waals surface area contributed by atoms with E-state index in [-0.39, 0.29) is 0 Å². The zero-order valence-corrected chi connectivity index (χ0v) is 19.4. The molecule has 1 heterocycles. The van der Waals surface area contributed by atoms with E-state index in [2.05, 4.69) is 9.97 Å². The minimum Gasteiger partial charge on any atom is -0.469 e. The summed E-state index contributed by atoms with van der Waals surface area (Å²) in [4.78, 5) is 33.9. The fourth-order valence-corrected chi connectivity index (χ4v) is 3.95. The monoisotopic (exact) mass is 454 g/mol. The highest BCUT2D eigenvalue weighted by Gasteiger charge is 2.30. The van der Waals surface area contributed by atoms with Crippen molar-refractivity contribution in [3.8, 4) is 0 Å². The van der Waals surface area contributed by atoms with Crippen LogP contribution in [0.5, 0.6) is 0 Å². The van der Waals surface area contributed by atoms with Crippen molar-refractivity contribution in [1.29, 1.82) is 0 Å². The average Bonchev–Trinajstić information content (AvgIpc) is 2.80. The second kappa shape index (κ2) is 10.2. The minimum atomic E-state index is -1.15. The molecule has 0 bridgehead atoms. The van der Waals surface area contributed by atoms with Crippen molar-refractivity contribution in [1.82, 2.24) is 9.97 Å². The summed E-state index contributed by atoms with van der Waals surface area (Å²) in [5.74, 6) is -1.81. The quantitative estimate of drug-likeness (QED) is 0.285. The molecule has 0 amide bonds. The molecule has 33 heavy (non-hydrogen) atoms. The molecule has 0 aliphatic carbocycles. The van der Waals surface area contributed by atoms with Crippen molar-refractivity contribution in [3.63, 3.8) is 0 Å². The molecule has 2 aromatic carbocycles. The van der Waals surface area contributed by atoms with E-state index in [9.17, 15) is 19.8 Å². The summed E-state index contributed by atoms with van der Waals surface area (Å²) in [5, 5.41) is 21.1. The second-order valence-electron chi connectivity index (χ2n) is 8.74. The number of benzene rings is 2. The zero-order chi connectivity index (χ0) is 24.2. The third kappa shape index (κ3) is 5.64. The largest absolute Gasteiger partial charge is 0.469 e. The Labute approximate surface area is 192 Å². The van der Waals surface area contributed by atoms with E-state index >= 15 is 0 Å². The van der Waals surface area contributed by atoms with Gasteiger partial charge in [-0.25, -0.2) is 14.8 Å². The number of esters is 2. The fraction of sp³-hybridized carbons (Fsp3) is 0.440. The van der Waals surface area contributed by atoms with E-state index in [4.69, 9.17) is 9.47 Å². The average molecular weight is 455 g/mol. The number of hydrogen-bond acceptors (Lipinski definition) is 8. The molecule has 0 fully saturated rings. The standard InChI is InChI=1S/C25H30N2O6/c1-25(2,31)14-6-5-9-17(24(30)33-4)22(28)15-10-7-12-18-20(15)26-19-13-8-11-16(21(19)27-18)23(29)32-3/h7-8,10-13,17,22,28,31H,5-6,9,14H2,1-4H3/t17-,22+/m1/s1. The molecule has 0 saturated heterocycles. The zero-order valence-electron chi connectivity index (χ0n) is 19.4. The molecule has 1 aromatic heterocycles. The van der Waals surface area contributed by atoms with Crippen molar-refractivity contribution >= 4 is 34.0 Å². The third-order valence-electron chi connectivity index (χ3n) is 5.69. The second-order valence-corrected chi connectivity index (χ2v) is 8.74. The topological polar surface area (TPSA) is 119 Å². The molecular weight excluding hydrogens is 424 g/mol. The van der Waals surface area contributed by atoms with Crippen LogP contribution in [0.3, 0.4) is 0 Å². The van der Waals surface area contributed by atoms with Gasteiger partial charge in [-0.05, 0) is 44.9 Å². The first-order chi connectivity index (χ1) is 15.7. The Morgan fingerprint density at radius 1 is 0.970 bits per heavy atom. The van der Waals surface area contributed by atoms with Crippen molar-refractivity contribution in [2.24, 2.45) is 5.92 Å². The van der Waals surface area contributed by atoms with Gasteiger partial charge in [0.1, 0.15) is 5.52 Å². The molecule has 3 aromatic rings. The smallest absolute Gasteiger partial charge is 0.340 e. The Morgan fingerprint density at radius 3 is 2.24 bits per heavy atom. The Kier molecular flexibility index (Phi) is 7.61. The fourth-order valence-electron chi connectivity index (χ4n) is 3.95. The van der Waals surface area contributed by atoms with Crippen LogP contribution < -0.4 is 0 Å². The number of para-hydroxylation sites is 2. The van der Waals surface area contributed by atoms with Gasteiger partial charge < -0.3 is 19.7 Å². The van der Waals surface area contributed by atoms with Gasteiger partial charge in [0.2, 0.25) is 0 Å². The first kappa shape index (κ1) is 24.5. The molecule has 0 spiro atoms. The first-order valence-corrected chi connectivity index (χ1v) is 10.9. The van der Waals surface area contributed by atoms with E-state index in [1.165, 1.54) is 14.2 Å². The summed E-state index contributed by atoms with van der Waals surface area (Å²) in [7, 11) is 2.60. The van der Waals surface area contributed by atoms with Crippen molar-refractivity contribution < 1.29 is 29.3 Å². The van der Waals surface area contributed by atoms with Gasteiger partial charge >= 0.3 is 11.9 Å². The lowest BCUT2D eigenvalue weighted by atomic mass is 9.89. The maximum Gasteiger partial charge on any atom is 0.340 e. The Balaban J connectivity index is 1.98. The molecule has 0 aliphatic rings. The number of methoxy groups -OCH3 is 2. The third-order valence-corrected chi connectivity index (χ3v) is 5.69. The number of aliphatic hydroxyl groups is 2. The summed E-state index contributed by atoms with van der Waals surface area (Å²) in [5.41, 5.74) is 1.79. The van der Waals surface area contributed by atoms with Crippen molar-refractivity contribution in [2.45, 2.75) is 51.2 Å². The van der Waals surface area contributed by atoms with Crippen LogP contribution in [0.15, 0.2) is 36.4 Å². The predicted octanol–water partition coefficient (Wildman–Crippen LogP) is 3.72. The maximum absolute atomic E-state index is 12.5. The number of aromatic nitrogens is 2. The molecule has 2 atom stereocenters. The van der Waals surface area contributed by atoms with Crippen LogP contribution in [0.25, 0.3) is 22.1 Å². The number of fused-ring (bicyclic) bond motifs is 2. The molecule has 176 valence electrons. The van der Waals surface area contributed by atoms with Crippen LogP contribution >= 0.6 is 0 Å². The molecular formula is C25H30N2O6. The lowest BCUT2D eigenvalue weighted by molar-refractivity contribution is -0.150. The predicted molar refractivity (Wildman–Crippen MR) is 124 cm³/mol. The lowest BCUT2D eigenvalue weighted by Crippen LogP contribution is -2.24. The van der Waals surface area contributed by atoms with Crippen LogP contribution in [0, 0.1) is 5.92 Å². The minimum absolute atomic E-state index is 0.301. The lowest BCUT2D eigenvalue weighted by Gasteiger charge is -2.23. The number of aliphatic hydroxyl groups excluding tert-OH is 1. The van der Waals surface area contributed by atoms with Gasteiger partial charge in [0.05, 0.1) is 54.0 Å². The molecule has 3 rings (SSSR count). The van der Waals surface area contributed by atoms with Crippen molar-refractivity contribution in [3.05, 3.63) is 47.5 Å². The number of nitrogens with zero attached hydrogens (tertiary/aromatic N) is 2. The maximum atomic E-state index is 12.5. The normalized spacial score (nSPS) is 13.6. The van der Waals surface area contributed by atoms with Gasteiger partial charge in [0.15, 0.2) is 0 Å². The summed E-state index contributed by atoms with van der Waals surface area (Å²) < 4.78 is 9.80. The number of carbonyl (C=O) groups is 2. The molecule has 0 aliphatic heterocycles. The Bertz CT molecular complexity index is 1150. The number of carbonyl (C=O) groups excluding carboxylic acids is 2. The van der Waals surface area contributed by atoms with Crippen LogP contribution in [0.1, 0.15) is 61.6 Å². The summed E-state index contributed by atoms with van der Waals surface area (Å²) in [6.07, 6.45) is 1.18. The van der Waals surface area contributed by atoms with Crippen LogP contribution in [0.4, 0.5) is 0 Å². The first-order valence-electron chi connectivity index (χ1n) is 10.9. The van der Waals surface area contributed by atoms with Gasteiger partial charge in [-0.1, -0.05) is 31.0 Å². The van der Waals surface area contributed by atoms with Gasteiger partial charge in [0.25, 0.3) is 0 Å². The van der Waals surface area contributed by atoms with Crippen LogP contribution in [0.2, 0.25) is 0 Å². The molecule has 2 N–H and O–H groups in total. The van der Waals surface area contributed by atoms with Crippen molar-refractivity contribution in [2.75, 3.05) is 14.2 Å². The highest BCUT2D eigenvalue weighted by molar-refractivity contribution is 6.03. The van der Waals surface area contributed by atoms with Gasteiger partial charge in [0, 0.05) is 5.56 Å². The van der Waals surface area contributed by atoms with Gasteiger partial charge in [-0.15, -0.1) is 0 Å². The summed E-state index contributed by atoms with van der Waals surface area (Å²) in [6, 6.07) is 10.2. The van der Waals surface area contributed by atoms with E-state index in [1.54, 1.807) is 50.2 Å². The van der Waals surface area contributed by atoms with E-state index < -0.39 is 29.6 Å². The Hall–Kier alpha value is -3.10. The number of ether oxygens (including phenoxy) is 2. The van der Waals surface area contributed by atoms with E-state index in [1.807, 2.05) is 0 Å². The SMILES string of the molecule is COC(=O)c1cccc2nc3c([C@H](O)[C@@H](CCCCC(C)(C)O)C(=O)OC)cccc3nc12. The van der Waals surface area contributed by atoms with E-state index in [0.717, 1.165) is 0 Å². The molecule has 0 saturated carbocycles. The molecule has 0 radical (unpaired) electrons. The molecule has 8 nitrogen and oxygen atoms in total. The summed E-state index contributed by atoms with van der Waals surface area (Å²) >= 11 is 0. The molecule has 0 unspecified atom stereocenters. The summed E-state index contributed by atoms with van der Waals surface area (Å²) in [6.45, 7) is 3.48. The number of unbranched alkanes of at least 4 members (excludes halogenated alkanes) is 1. The van der Waals surface area contributed by atoms with Gasteiger partial charge in [-0.3, -0.25) is 4.79 Å². The number of hydrogen-bond donors (Lipinski definition) is 2. The highest BCUT2D eigenvalue weighted by Crippen LogP contribution is 2.33. The van der Waals surface area contributed by atoms with Gasteiger partial charge in [-0.2, -0.15) is 0 Å².